The molecule has 0 bridgehead atoms. The van der Waals surface area contributed by atoms with E-state index in [1.807, 2.05) is 32.0 Å². The lowest BCUT2D eigenvalue weighted by atomic mass is 9.92. The summed E-state index contributed by atoms with van der Waals surface area (Å²) in [6.07, 6.45) is -0.0999. The first kappa shape index (κ1) is 18.4. The number of rotatable bonds is 5. The van der Waals surface area contributed by atoms with Crippen molar-refractivity contribution in [3.8, 4) is 11.1 Å². The van der Waals surface area contributed by atoms with E-state index in [0.29, 0.717) is 0 Å². The minimum absolute atomic E-state index is 0.00976. The maximum atomic E-state index is 14.4. The highest BCUT2D eigenvalue weighted by Gasteiger charge is 2.20. The molecule has 1 atom stereocenters. The van der Waals surface area contributed by atoms with E-state index < -0.39 is 17.8 Å². The highest BCUT2D eigenvalue weighted by molar-refractivity contribution is 6.31. The fourth-order valence-electron chi connectivity index (χ4n) is 2.80. The van der Waals surface area contributed by atoms with E-state index >= 15 is 0 Å². The fourth-order valence-corrected chi connectivity index (χ4v) is 3.03. The molecule has 0 saturated heterocycles. The Kier molecular flexibility index (Phi) is 5.97. The second kappa shape index (κ2) is 7.77. The van der Waals surface area contributed by atoms with Gasteiger partial charge in [-0.3, -0.25) is 4.79 Å². The summed E-state index contributed by atoms with van der Waals surface area (Å²) in [5, 5.41) is -0.00976. The zero-order chi connectivity index (χ0) is 17.9. The van der Waals surface area contributed by atoms with Crippen molar-refractivity contribution in [1.29, 1.82) is 0 Å². The Morgan fingerprint density at radius 2 is 1.92 bits per heavy atom. The lowest BCUT2D eigenvalue weighted by Crippen LogP contribution is -2.18. The molecule has 0 amide bonds. The van der Waals surface area contributed by atoms with Crippen LogP contribution >= 0.6 is 11.6 Å². The molecule has 0 fully saturated rings. The van der Waals surface area contributed by atoms with Gasteiger partial charge < -0.3 is 10.5 Å². The summed E-state index contributed by atoms with van der Waals surface area (Å²) in [6.45, 7) is 5.94. The van der Waals surface area contributed by atoms with Crippen molar-refractivity contribution in [2.45, 2.75) is 33.2 Å². The number of hydrogen-bond donors (Lipinski definition) is 1. The minimum Gasteiger partial charge on any atom is -0.466 e. The monoisotopic (exact) mass is 349 g/mol. The van der Waals surface area contributed by atoms with E-state index in [2.05, 4.69) is 0 Å². The summed E-state index contributed by atoms with van der Waals surface area (Å²) in [6, 6.07) is 8.38. The molecule has 3 nitrogen and oxygen atoms in total. The Labute approximate surface area is 146 Å². The molecule has 5 heteroatoms. The van der Waals surface area contributed by atoms with Gasteiger partial charge in [0.05, 0.1) is 18.1 Å². The largest absolute Gasteiger partial charge is 0.466 e. The van der Waals surface area contributed by atoms with Crippen LogP contribution < -0.4 is 5.73 Å². The molecule has 2 rings (SSSR count). The van der Waals surface area contributed by atoms with Crippen molar-refractivity contribution in [2.24, 2.45) is 5.73 Å². The molecule has 0 radical (unpaired) electrons. The molecular formula is C19H21ClFNO2. The molecule has 0 unspecified atom stereocenters. The molecule has 0 saturated carbocycles. The van der Waals surface area contributed by atoms with Crippen LogP contribution in [0, 0.1) is 19.7 Å². The van der Waals surface area contributed by atoms with Gasteiger partial charge in [-0.1, -0.05) is 29.8 Å². The molecule has 2 aromatic carbocycles. The van der Waals surface area contributed by atoms with Crippen molar-refractivity contribution in [3.05, 3.63) is 57.9 Å². The van der Waals surface area contributed by atoms with Crippen LogP contribution in [0.3, 0.4) is 0 Å². The van der Waals surface area contributed by atoms with Crippen molar-refractivity contribution in [2.75, 3.05) is 6.61 Å². The molecule has 128 valence electrons. The van der Waals surface area contributed by atoms with E-state index in [4.69, 9.17) is 22.1 Å². The van der Waals surface area contributed by atoms with Gasteiger partial charge in [-0.05, 0) is 55.2 Å². The SMILES string of the molecule is CCOC(=O)C[C@H](N)c1cc(-c2c(C)cccc2C)cc(Cl)c1F. The highest BCUT2D eigenvalue weighted by Crippen LogP contribution is 2.34. The number of carbonyl (C=O) groups is 1. The summed E-state index contributed by atoms with van der Waals surface area (Å²) >= 11 is 6.07. The molecule has 0 heterocycles. The number of hydrogen-bond acceptors (Lipinski definition) is 3. The molecule has 0 aliphatic heterocycles. The lowest BCUT2D eigenvalue weighted by Gasteiger charge is -2.17. The van der Waals surface area contributed by atoms with Crippen molar-refractivity contribution in [3.63, 3.8) is 0 Å². The van der Waals surface area contributed by atoms with Crippen LogP contribution in [0.4, 0.5) is 4.39 Å². The summed E-state index contributed by atoms with van der Waals surface area (Å²) < 4.78 is 19.3. The third-order valence-corrected chi connectivity index (χ3v) is 4.19. The predicted molar refractivity (Wildman–Crippen MR) is 94.5 cm³/mol. The molecule has 0 aliphatic carbocycles. The van der Waals surface area contributed by atoms with Gasteiger partial charge in [0.25, 0.3) is 0 Å². The molecular weight excluding hydrogens is 329 g/mol. The van der Waals surface area contributed by atoms with Crippen LogP contribution in [0.1, 0.15) is 36.1 Å². The number of aryl methyl sites for hydroxylation is 2. The lowest BCUT2D eigenvalue weighted by molar-refractivity contribution is -0.143. The van der Waals surface area contributed by atoms with E-state index in [1.54, 1.807) is 19.1 Å². The number of carbonyl (C=O) groups excluding carboxylic acids is 1. The molecule has 2 N–H and O–H groups in total. The zero-order valence-electron chi connectivity index (χ0n) is 14.0. The van der Waals surface area contributed by atoms with Crippen LogP contribution in [0.5, 0.6) is 0 Å². The molecule has 0 aliphatic rings. The Balaban J connectivity index is 2.47. The van der Waals surface area contributed by atoms with Gasteiger partial charge in [0, 0.05) is 11.6 Å². The van der Waals surface area contributed by atoms with Crippen LogP contribution in [0.25, 0.3) is 11.1 Å². The number of halogens is 2. The normalized spacial score (nSPS) is 12.1. The minimum atomic E-state index is -0.814. The summed E-state index contributed by atoms with van der Waals surface area (Å²) in [7, 11) is 0. The Hall–Kier alpha value is -1.91. The topological polar surface area (TPSA) is 52.3 Å². The van der Waals surface area contributed by atoms with Gasteiger partial charge in [0.2, 0.25) is 0 Å². The predicted octanol–water partition coefficient (Wildman–Crippen LogP) is 4.72. The van der Waals surface area contributed by atoms with Gasteiger partial charge in [-0.25, -0.2) is 4.39 Å². The Morgan fingerprint density at radius 3 is 2.50 bits per heavy atom. The number of ether oxygens (including phenoxy) is 1. The maximum Gasteiger partial charge on any atom is 0.307 e. The molecule has 24 heavy (non-hydrogen) atoms. The number of esters is 1. The van der Waals surface area contributed by atoms with Gasteiger partial charge in [0.1, 0.15) is 5.82 Å². The molecule has 0 aromatic heterocycles. The smallest absolute Gasteiger partial charge is 0.307 e. The third-order valence-electron chi connectivity index (χ3n) is 3.92. The third kappa shape index (κ3) is 3.94. The first-order chi connectivity index (χ1) is 11.3. The van der Waals surface area contributed by atoms with Crippen molar-refractivity contribution in [1.82, 2.24) is 0 Å². The maximum absolute atomic E-state index is 14.4. The fraction of sp³-hybridized carbons (Fsp3) is 0.316. The van der Waals surface area contributed by atoms with Crippen molar-refractivity contribution < 1.29 is 13.9 Å². The summed E-state index contributed by atoms with van der Waals surface area (Å²) in [5.41, 5.74) is 10.1. The quantitative estimate of drug-likeness (QED) is 0.795. The highest BCUT2D eigenvalue weighted by atomic mass is 35.5. The van der Waals surface area contributed by atoms with Crippen LogP contribution in [-0.4, -0.2) is 12.6 Å². The Bertz CT molecular complexity index is 741. The van der Waals surface area contributed by atoms with Crippen LogP contribution in [0.2, 0.25) is 5.02 Å². The zero-order valence-corrected chi connectivity index (χ0v) is 14.8. The van der Waals surface area contributed by atoms with Gasteiger partial charge in [0.15, 0.2) is 0 Å². The van der Waals surface area contributed by atoms with Gasteiger partial charge in [-0.2, -0.15) is 0 Å². The van der Waals surface area contributed by atoms with E-state index in [-0.39, 0.29) is 23.6 Å². The summed E-state index contributed by atoms with van der Waals surface area (Å²) in [5.74, 6) is -1.05. The Morgan fingerprint density at radius 1 is 1.29 bits per heavy atom. The molecule has 0 spiro atoms. The van der Waals surface area contributed by atoms with Crippen LogP contribution in [0.15, 0.2) is 30.3 Å². The second-order valence-corrected chi connectivity index (χ2v) is 6.15. The summed E-state index contributed by atoms with van der Waals surface area (Å²) in [4.78, 5) is 11.6. The average Bonchev–Trinajstić information content (AvgIpc) is 2.50. The number of benzene rings is 2. The van der Waals surface area contributed by atoms with Gasteiger partial charge >= 0.3 is 5.97 Å². The molecule has 2 aromatic rings. The standard InChI is InChI=1S/C19H21ClFNO2/c1-4-24-17(23)10-16(22)14-8-13(9-15(20)19(14)21)18-11(2)6-5-7-12(18)3/h5-9,16H,4,10,22H2,1-3H3/t16-/m0/s1. The second-order valence-electron chi connectivity index (χ2n) is 5.74. The van der Waals surface area contributed by atoms with E-state index in [0.717, 1.165) is 22.3 Å². The first-order valence-electron chi connectivity index (χ1n) is 7.81. The van der Waals surface area contributed by atoms with Crippen LogP contribution in [-0.2, 0) is 9.53 Å². The average molecular weight is 350 g/mol. The first-order valence-corrected chi connectivity index (χ1v) is 8.19. The van der Waals surface area contributed by atoms with Gasteiger partial charge in [-0.15, -0.1) is 0 Å². The number of nitrogens with two attached hydrogens (primary N) is 1. The van der Waals surface area contributed by atoms with E-state index in [1.165, 1.54) is 0 Å². The van der Waals surface area contributed by atoms with E-state index in [9.17, 15) is 9.18 Å². The van der Waals surface area contributed by atoms with Crippen molar-refractivity contribution >= 4 is 17.6 Å².